The van der Waals surface area contributed by atoms with Gasteiger partial charge in [0.15, 0.2) is 0 Å². The summed E-state index contributed by atoms with van der Waals surface area (Å²) in [6, 6.07) is 7.00. The fourth-order valence-electron chi connectivity index (χ4n) is 5.09. The van der Waals surface area contributed by atoms with Crippen molar-refractivity contribution >= 4 is 0 Å². The number of rotatable bonds is 1. The lowest BCUT2D eigenvalue weighted by molar-refractivity contribution is -0.0591. The van der Waals surface area contributed by atoms with Gasteiger partial charge in [-0.05, 0) is 59.6 Å². The van der Waals surface area contributed by atoms with Crippen molar-refractivity contribution < 1.29 is 5.11 Å². The first-order valence-corrected chi connectivity index (χ1v) is 8.58. The lowest BCUT2D eigenvalue weighted by atomic mass is 9.49. The van der Waals surface area contributed by atoms with Gasteiger partial charge in [-0.1, -0.05) is 52.8 Å². The SMILES string of the molecule is CC(C)c1ccc2c(c1)CCC1C(C)(C)CCC(O)C21C. The van der Waals surface area contributed by atoms with Gasteiger partial charge < -0.3 is 5.11 Å². The minimum absolute atomic E-state index is 0.0646. The predicted octanol–water partition coefficient (Wildman–Crippen LogP) is 4.81. The number of hydrogen-bond donors (Lipinski definition) is 1. The van der Waals surface area contributed by atoms with E-state index >= 15 is 0 Å². The molecule has 0 aromatic heterocycles. The van der Waals surface area contributed by atoms with Gasteiger partial charge in [0, 0.05) is 5.41 Å². The van der Waals surface area contributed by atoms with Crippen molar-refractivity contribution in [2.45, 2.75) is 77.7 Å². The van der Waals surface area contributed by atoms with Crippen molar-refractivity contribution in [2.75, 3.05) is 0 Å². The van der Waals surface area contributed by atoms with E-state index in [0.717, 1.165) is 12.8 Å². The Morgan fingerprint density at radius 1 is 1.14 bits per heavy atom. The molecule has 0 bridgehead atoms. The van der Waals surface area contributed by atoms with E-state index in [1.165, 1.54) is 29.5 Å². The van der Waals surface area contributed by atoms with Crippen molar-refractivity contribution in [2.24, 2.45) is 11.3 Å². The van der Waals surface area contributed by atoms with Crippen LogP contribution in [0.15, 0.2) is 18.2 Å². The number of aryl methyl sites for hydroxylation is 1. The molecule has 21 heavy (non-hydrogen) atoms. The molecule has 1 N–H and O–H groups in total. The van der Waals surface area contributed by atoms with Crippen LogP contribution in [0.5, 0.6) is 0 Å². The maximum Gasteiger partial charge on any atom is 0.0637 e. The Morgan fingerprint density at radius 2 is 1.86 bits per heavy atom. The highest BCUT2D eigenvalue weighted by atomic mass is 16.3. The summed E-state index contributed by atoms with van der Waals surface area (Å²) in [5.41, 5.74) is 4.60. The van der Waals surface area contributed by atoms with Crippen LogP contribution >= 0.6 is 0 Å². The smallest absolute Gasteiger partial charge is 0.0637 e. The number of hydrogen-bond acceptors (Lipinski definition) is 1. The van der Waals surface area contributed by atoms with Crippen molar-refractivity contribution in [1.29, 1.82) is 0 Å². The third-order valence-corrected chi connectivity index (χ3v) is 6.50. The molecule has 0 radical (unpaired) electrons. The Morgan fingerprint density at radius 3 is 2.52 bits per heavy atom. The summed E-state index contributed by atoms with van der Waals surface area (Å²) >= 11 is 0. The zero-order valence-electron chi connectivity index (χ0n) is 14.2. The molecule has 0 spiro atoms. The summed E-state index contributed by atoms with van der Waals surface area (Å²) in [6.07, 6.45) is 4.28. The second-order valence-corrected chi connectivity index (χ2v) is 8.49. The zero-order chi connectivity index (χ0) is 15.4. The Kier molecular flexibility index (Phi) is 3.48. The Hall–Kier alpha value is -0.820. The van der Waals surface area contributed by atoms with Crippen LogP contribution in [-0.2, 0) is 11.8 Å². The van der Waals surface area contributed by atoms with E-state index in [9.17, 15) is 5.11 Å². The van der Waals surface area contributed by atoms with Gasteiger partial charge in [-0.3, -0.25) is 0 Å². The molecule has 0 heterocycles. The second-order valence-electron chi connectivity index (χ2n) is 8.49. The summed E-state index contributed by atoms with van der Waals surface area (Å²) in [7, 11) is 0. The molecule has 3 atom stereocenters. The van der Waals surface area contributed by atoms with E-state index in [2.05, 4.69) is 52.8 Å². The van der Waals surface area contributed by atoms with E-state index in [4.69, 9.17) is 0 Å². The monoisotopic (exact) mass is 286 g/mol. The van der Waals surface area contributed by atoms with Crippen LogP contribution < -0.4 is 0 Å². The molecule has 2 aliphatic rings. The van der Waals surface area contributed by atoms with E-state index in [-0.39, 0.29) is 11.5 Å². The molecular formula is C20H30O. The topological polar surface area (TPSA) is 20.2 Å². The normalized spacial score (nSPS) is 34.4. The van der Waals surface area contributed by atoms with Gasteiger partial charge in [0.25, 0.3) is 0 Å². The minimum Gasteiger partial charge on any atom is -0.392 e. The van der Waals surface area contributed by atoms with Crippen LogP contribution in [0.2, 0.25) is 0 Å². The maximum absolute atomic E-state index is 10.8. The first-order chi connectivity index (χ1) is 9.76. The molecule has 0 amide bonds. The molecular weight excluding hydrogens is 256 g/mol. The first-order valence-electron chi connectivity index (χ1n) is 8.58. The molecule has 1 aromatic carbocycles. The predicted molar refractivity (Wildman–Crippen MR) is 88.7 cm³/mol. The number of fused-ring (bicyclic) bond motifs is 3. The van der Waals surface area contributed by atoms with Crippen LogP contribution in [0.3, 0.4) is 0 Å². The molecule has 1 fully saturated rings. The first kappa shape index (κ1) is 15.1. The molecule has 0 saturated heterocycles. The highest BCUT2D eigenvalue weighted by Crippen LogP contribution is 2.57. The molecule has 1 saturated carbocycles. The molecule has 1 nitrogen and oxygen atoms in total. The summed E-state index contributed by atoms with van der Waals surface area (Å²) in [5.74, 6) is 1.17. The average Bonchev–Trinajstić information content (AvgIpc) is 2.43. The van der Waals surface area contributed by atoms with Gasteiger partial charge in [-0.15, -0.1) is 0 Å². The highest BCUT2D eigenvalue weighted by Gasteiger charge is 2.54. The van der Waals surface area contributed by atoms with Crippen LogP contribution in [-0.4, -0.2) is 11.2 Å². The van der Waals surface area contributed by atoms with Crippen LogP contribution in [0.25, 0.3) is 0 Å². The van der Waals surface area contributed by atoms with Crippen molar-refractivity contribution in [3.63, 3.8) is 0 Å². The van der Waals surface area contributed by atoms with E-state index < -0.39 is 0 Å². The van der Waals surface area contributed by atoms with Gasteiger partial charge in [0.2, 0.25) is 0 Å². The number of aliphatic hydroxyl groups is 1. The Labute approximate surface area is 129 Å². The molecule has 1 heteroatoms. The fraction of sp³-hybridized carbons (Fsp3) is 0.700. The summed E-state index contributed by atoms with van der Waals surface area (Å²) in [5, 5.41) is 10.8. The third-order valence-electron chi connectivity index (χ3n) is 6.50. The third kappa shape index (κ3) is 2.16. The molecule has 3 rings (SSSR count). The fourth-order valence-corrected chi connectivity index (χ4v) is 5.09. The van der Waals surface area contributed by atoms with Gasteiger partial charge in [-0.2, -0.15) is 0 Å². The van der Waals surface area contributed by atoms with Crippen LogP contribution in [0.1, 0.15) is 76.5 Å². The summed E-state index contributed by atoms with van der Waals surface area (Å²) in [6.45, 7) is 11.6. The Balaban J connectivity index is 2.11. The number of aliphatic hydroxyl groups excluding tert-OH is 1. The van der Waals surface area contributed by atoms with Gasteiger partial charge in [0.1, 0.15) is 0 Å². The van der Waals surface area contributed by atoms with Gasteiger partial charge in [0.05, 0.1) is 6.10 Å². The molecule has 1 aromatic rings. The number of benzene rings is 1. The minimum atomic E-state index is -0.195. The average molecular weight is 286 g/mol. The van der Waals surface area contributed by atoms with Crippen molar-refractivity contribution in [3.8, 4) is 0 Å². The standard InChI is InChI=1S/C20H30O/c1-13(2)14-6-8-16-15(12-14)7-9-17-19(3,4)11-10-18(21)20(16,17)5/h6,8,12-13,17-18,21H,7,9-11H2,1-5H3. The van der Waals surface area contributed by atoms with Gasteiger partial charge >= 0.3 is 0 Å². The highest BCUT2D eigenvalue weighted by molar-refractivity contribution is 5.43. The summed E-state index contributed by atoms with van der Waals surface area (Å²) < 4.78 is 0. The quantitative estimate of drug-likeness (QED) is 0.785. The van der Waals surface area contributed by atoms with Crippen molar-refractivity contribution in [1.82, 2.24) is 0 Å². The largest absolute Gasteiger partial charge is 0.392 e. The van der Waals surface area contributed by atoms with Gasteiger partial charge in [-0.25, -0.2) is 0 Å². The van der Waals surface area contributed by atoms with E-state index in [0.29, 0.717) is 17.3 Å². The summed E-state index contributed by atoms with van der Waals surface area (Å²) in [4.78, 5) is 0. The molecule has 0 aliphatic heterocycles. The van der Waals surface area contributed by atoms with Crippen molar-refractivity contribution in [3.05, 3.63) is 34.9 Å². The second kappa shape index (κ2) is 4.84. The molecule has 2 aliphatic carbocycles. The maximum atomic E-state index is 10.8. The lowest BCUT2D eigenvalue weighted by Gasteiger charge is -2.56. The van der Waals surface area contributed by atoms with E-state index in [1.54, 1.807) is 0 Å². The lowest BCUT2D eigenvalue weighted by Crippen LogP contribution is -2.55. The van der Waals surface area contributed by atoms with E-state index in [1.807, 2.05) is 0 Å². The van der Waals surface area contributed by atoms with Crippen LogP contribution in [0.4, 0.5) is 0 Å². The zero-order valence-corrected chi connectivity index (χ0v) is 14.2. The Bertz CT molecular complexity index is 543. The molecule has 116 valence electrons. The molecule has 3 unspecified atom stereocenters. The van der Waals surface area contributed by atoms with Crippen LogP contribution in [0, 0.1) is 11.3 Å².